The molecule has 0 saturated carbocycles. The average molecular weight is 250 g/mol. The molecule has 0 aromatic heterocycles. The van der Waals surface area contributed by atoms with E-state index in [-0.39, 0.29) is 18.2 Å². The second-order valence-corrected chi connectivity index (χ2v) is 5.95. The van der Waals surface area contributed by atoms with Crippen LogP contribution in [0.5, 0.6) is 0 Å². The van der Waals surface area contributed by atoms with E-state index in [0.29, 0.717) is 13.1 Å². The molecule has 0 rings (SSSR count). The van der Waals surface area contributed by atoms with E-state index < -0.39 is 15.6 Å². The van der Waals surface area contributed by atoms with Gasteiger partial charge < -0.3 is 10.6 Å². The van der Waals surface area contributed by atoms with E-state index in [1.54, 1.807) is 4.90 Å². The lowest BCUT2D eigenvalue weighted by molar-refractivity contribution is -0.128. The molecule has 0 radical (unpaired) electrons. The summed E-state index contributed by atoms with van der Waals surface area (Å²) < 4.78 is 22.9. The van der Waals surface area contributed by atoms with Crippen LogP contribution in [0.3, 0.4) is 0 Å². The zero-order valence-electron chi connectivity index (χ0n) is 10.1. The molecule has 0 aromatic rings. The van der Waals surface area contributed by atoms with E-state index in [9.17, 15) is 13.2 Å². The number of nitrogens with zero attached hydrogens (tertiary/aromatic N) is 1. The van der Waals surface area contributed by atoms with Gasteiger partial charge in [-0.05, 0) is 12.8 Å². The summed E-state index contributed by atoms with van der Waals surface area (Å²) in [6, 6.07) is 0. The number of amides is 1. The normalized spacial score (nSPS) is 11.4. The molecule has 2 N–H and O–H groups in total. The predicted molar refractivity (Wildman–Crippen MR) is 64.9 cm³/mol. The van der Waals surface area contributed by atoms with Gasteiger partial charge in [-0.15, -0.1) is 0 Å². The summed E-state index contributed by atoms with van der Waals surface area (Å²) in [6.07, 6.45) is 1.67. The maximum absolute atomic E-state index is 11.7. The molecular formula is C10H22N2O3S. The third-order valence-electron chi connectivity index (χ3n) is 2.11. The van der Waals surface area contributed by atoms with Crippen LogP contribution in [0.1, 0.15) is 26.7 Å². The second kappa shape index (κ2) is 7.62. The minimum Gasteiger partial charge on any atom is -0.342 e. The lowest BCUT2D eigenvalue weighted by Crippen LogP contribution is -2.38. The summed E-state index contributed by atoms with van der Waals surface area (Å²) in [5, 5.41) is 0. The van der Waals surface area contributed by atoms with E-state index >= 15 is 0 Å². The largest absolute Gasteiger partial charge is 0.342 e. The van der Waals surface area contributed by atoms with E-state index in [4.69, 9.17) is 5.73 Å². The Labute approximate surface area is 97.9 Å². The fraction of sp³-hybridized carbons (Fsp3) is 0.900. The monoisotopic (exact) mass is 250 g/mol. The van der Waals surface area contributed by atoms with Crippen molar-refractivity contribution in [3.8, 4) is 0 Å². The molecule has 0 saturated heterocycles. The summed E-state index contributed by atoms with van der Waals surface area (Å²) >= 11 is 0. The molecule has 0 aliphatic carbocycles. The van der Waals surface area contributed by atoms with Gasteiger partial charge in [0.1, 0.15) is 5.75 Å². The van der Waals surface area contributed by atoms with Crippen molar-refractivity contribution in [1.29, 1.82) is 0 Å². The molecule has 0 aromatic carbocycles. The van der Waals surface area contributed by atoms with E-state index in [1.807, 2.05) is 13.8 Å². The second-order valence-electron chi connectivity index (χ2n) is 3.76. The number of hydrogen-bond donors (Lipinski definition) is 1. The minimum atomic E-state index is -3.33. The highest BCUT2D eigenvalue weighted by molar-refractivity contribution is 7.92. The molecule has 96 valence electrons. The van der Waals surface area contributed by atoms with Crippen LogP contribution in [0, 0.1) is 0 Å². The molecule has 0 atom stereocenters. The number of carbonyl (C=O) groups excluding carboxylic acids is 1. The van der Waals surface area contributed by atoms with Crippen molar-refractivity contribution < 1.29 is 13.2 Å². The number of nitrogens with two attached hydrogens (primary N) is 1. The SMILES string of the molecule is CCCN(CCC)C(=O)CS(=O)(=O)CCN. The van der Waals surface area contributed by atoms with Gasteiger partial charge in [0, 0.05) is 19.6 Å². The molecular weight excluding hydrogens is 228 g/mol. The van der Waals surface area contributed by atoms with Gasteiger partial charge >= 0.3 is 0 Å². The number of carbonyl (C=O) groups is 1. The zero-order chi connectivity index (χ0) is 12.6. The highest BCUT2D eigenvalue weighted by Gasteiger charge is 2.20. The molecule has 0 aliphatic rings. The van der Waals surface area contributed by atoms with E-state index in [1.165, 1.54) is 0 Å². The van der Waals surface area contributed by atoms with Crippen LogP contribution in [-0.4, -0.2) is 50.4 Å². The third-order valence-corrected chi connectivity index (χ3v) is 3.66. The highest BCUT2D eigenvalue weighted by atomic mass is 32.2. The van der Waals surface area contributed by atoms with Crippen molar-refractivity contribution in [3.63, 3.8) is 0 Å². The topological polar surface area (TPSA) is 80.5 Å². The van der Waals surface area contributed by atoms with Crippen molar-refractivity contribution in [1.82, 2.24) is 4.90 Å². The van der Waals surface area contributed by atoms with Gasteiger partial charge in [0.25, 0.3) is 0 Å². The summed E-state index contributed by atoms with van der Waals surface area (Å²) in [5.41, 5.74) is 5.18. The Morgan fingerprint density at radius 1 is 1.19 bits per heavy atom. The first-order valence-corrected chi connectivity index (χ1v) is 7.47. The summed E-state index contributed by atoms with van der Waals surface area (Å²) in [4.78, 5) is 13.3. The van der Waals surface area contributed by atoms with Crippen LogP contribution in [0.4, 0.5) is 0 Å². The lowest BCUT2D eigenvalue weighted by atomic mass is 10.3. The molecule has 0 spiro atoms. The van der Waals surface area contributed by atoms with Gasteiger partial charge in [-0.3, -0.25) is 4.79 Å². The Morgan fingerprint density at radius 2 is 1.69 bits per heavy atom. The first-order valence-electron chi connectivity index (χ1n) is 5.65. The summed E-state index contributed by atoms with van der Waals surface area (Å²) in [5.74, 6) is -0.841. The van der Waals surface area contributed by atoms with Crippen LogP contribution in [-0.2, 0) is 14.6 Å². The van der Waals surface area contributed by atoms with Crippen LogP contribution in [0.2, 0.25) is 0 Å². The number of sulfone groups is 1. The summed E-state index contributed by atoms with van der Waals surface area (Å²) in [7, 11) is -3.33. The molecule has 1 amide bonds. The minimum absolute atomic E-state index is 0.0666. The van der Waals surface area contributed by atoms with Gasteiger partial charge in [-0.25, -0.2) is 8.42 Å². The maximum atomic E-state index is 11.7. The highest BCUT2D eigenvalue weighted by Crippen LogP contribution is 1.99. The fourth-order valence-corrected chi connectivity index (χ4v) is 2.49. The van der Waals surface area contributed by atoms with Gasteiger partial charge in [0.2, 0.25) is 5.91 Å². The van der Waals surface area contributed by atoms with Crippen LogP contribution in [0.15, 0.2) is 0 Å². The maximum Gasteiger partial charge on any atom is 0.237 e. The Morgan fingerprint density at radius 3 is 2.06 bits per heavy atom. The molecule has 0 unspecified atom stereocenters. The third kappa shape index (κ3) is 6.07. The summed E-state index contributed by atoms with van der Waals surface area (Å²) in [6.45, 7) is 5.22. The zero-order valence-corrected chi connectivity index (χ0v) is 10.9. The van der Waals surface area contributed by atoms with E-state index in [2.05, 4.69) is 0 Å². The first kappa shape index (κ1) is 15.4. The Bertz CT molecular complexity index is 295. The van der Waals surface area contributed by atoms with Gasteiger partial charge in [-0.2, -0.15) is 0 Å². The molecule has 5 nitrogen and oxygen atoms in total. The number of hydrogen-bond acceptors (Lipinski definition) is 4. The predicted octanol–water partition coefficient (Wildman–Crippen LogP) is 0.00850. The van der Waals surface area contributed by atoms with Gasteiger partial charge in [-0.1, -0.05) is 13.8 Å². The van der Waals surface area contributed by atoms with Crippen LogP contribution < -0.4 is 5.73 Å². The van der Waals surface area contributed by atoms with Crippen LogP contribution >= 0.6 is 0 Å². The molecule has 0 heterocycles. The first-order chi connectivity index (χ1) is 7.46. The Kier molecular flexibility index (Phi) is 7.33. The number of rotatable bonds is 8. The Balaban J connectivity index is 4.40. The van der Waals surface area contributed by atoms with Gasteiger partial charge in [0.15, 0.2) is 9.84 Å². The van der Waals surface area contributed by atoms with Gasteiger partial charge in [0.05, 0.1) is 5.75 Å². The molecule has 6 heteroatoms. The average Bonchev–Trinajstić information content (AvgIpc) is 2.16. The smallest absolute Gasteiger partial charge is 0.237 e. The van der Waals surface area contributed by atoms with E-state index in [0.717, 1.165) is 12.8 Å². The Hall–Kier alpha value is -0.620. The molecule has 16 heavy (non-hydrogen) atoms. The fourth-order valence-electron chi connectivity index (χ4n) is 1.43. The molecule has 0 aliphatic heterocycles. The molecule has 0 fully saturated rings. The van der Waals surface area contributed by atoms with Crippen molar-refractivity contribution in [2.45, 2.75) is 26.7 Å². The molecule has 0 bridgehead atoms. The van der Waals surface area contributed by atoms with Crippen molar-refractivity contribution in [2.24, 2.45) is 5.73 Å². The quantitative estimate of drug-likeness (QED) is 0.658. The standard InChI is InChI=1S/C10H22N2O3S/c1-3-6-12(7-4-2)10(13)9-16(14,15)8-5-11/h3-9,11H2,1-2H3. The van der Waals surface area contributed by atoms with Crippen molar-refractivity contribution in [3.05, 3.63) is 0 Å². The van der Waals surface area contributed by atoms with Crippen molar-refractivity contribution in [2.75, 3.05) is 31.1 Å². The van der Waals surface area contributed by atoms with Crippen molar-refractivity contribution >= 4 is 15.7 Å². The lowest BCUT2D eigenvalue weighted by Gasteiger charge is -2.21. The van der Waals surface area contributed by atoms with Crippen LogP contribution in [0.25, 0.3) is 0 Å².